The molecule has 0 radical (unpaired) electrons. The largest absolute Gasteiger partial charge is 0.472 e. The van der Waals surface area contributed by atoms with Gasteiger partial charge in [-0.05, 0) is 38.5 Å². The topological polar surface area (TPSA) is 105 Å². The molecule has 3 unspecified atom stereocenters. The van der Waals surface area contributed by atoms with Crippen LogP contribution >= 0.6 is 7.82 Å². The molecule has 0 heterocycles. The number of phosphoric acid groups is 1. The van der Waals surface area contributed by atoms with E-state index in [0.717, 1.165) is 51.4 Å². The molecule has 0 bridgehead atoms. The quantitative estimate of drug-likeness (QED) is 0.0265. The SMILES string of the molecule is CCCCCCCC/C=C\CCCCCCCC(=O)NC(COP(=O)(O)OCC[N+](C)(C)C)C(O)CCCCCCCCCCCC. The highest BCUT2D eigenvalue weighted by atomic mass is 31.2. The smallest absolute Gasteiger partial charge is 0.391 e. The molecule has 0 rings (SSSR count). The highest BCUT2D eigenvalue weighted by molar-refractivity contribution is 7.47. The number of carbonyl (C=O) groups excluding carboxylic acids is 1. The average Bonchev–Trinajstić information content (AvgIpc) is 3.01. The van der Waals surface area contributed by atoms with Gasteiger partial charge < -0.3 is 19.8 Å². The number of phosphoric ester groups is 1. The van der Waals surface area contributed by atoms with Crippen LogP contribution in [0.1, 0.15) is 174 Å². The fourth-order valence-corrected chi connectivity index (χ4v) is 6.30. The first kappa shape index (κ1) is 46.2. The van der Waals surface area contributed by atoms with Crippen molar-refractivity contribution in [1.82, 2.24) is 5.32 Å². The maximum Gasteiger partial charge on any atom is 0.472 e. The van der Waals surface area contributed by atoms with Crippen molar-refractivity contribution in [2.45, 2.75) is 187 Å². The zero-order valence-corrected chi connectivity index (χ0v) is 32.4. The summed E-state index contributed by atoms with van der Waals surface area (Å²) in [6.07, 6.45) is 32.3. The molecule has 280 valence electrons. The van der Waals surface area contributed by atoms with Gasteiger partial charge in [0.1, 0.15) is 13.2 Å². The number of unbranched alkanes of at least 4 members (excludes halogenated alkanes) is 20. The van der Waals surface area contributed by atoms with E-state index in [1.165, 1.54) is 96.3 Å². The van der Waals surface area contributed by atoms with Crippen LogP contribution in [0.3, 0.4) is 0 Å². The van der Waals surface area contributed by atoms with Crippen molar-refractivity contribution in [3.05, 3.63) is 12.2 Å². The Balaban J connectivity index is 4.43. The molecule has 0 aliphatic rings. The highest BCUT2D eigenvalue weighted by Crippen LogP contribution is 2.43. The Bertz CT molecular complexity index is 789. The number of allylic oxidation sites excluding steroid dienone is 2. The van der Waals surface area contributed by atoms with Gasteiger partial charge in [-0.3, -0.25) is 13.8 Å². The third-order valence-electron chi connectivity index (χ3n) is 8.76. The number of nitrogens with one attached hydrogen (secondary N) is 1. The number of likely N-dealkylation sites (N-methyl/N-ethyl adjacent to an activating group) is 1. The van der Waals surface area contributed by atoms with Crippen molar-refractivity contribution >= 4 is 13.7 Å². The zero-order valence-electron chi connectivity index (χ0n) is 31.5. The fourth-order valence-electron chi connectivity index (χ4n) is 5.57. The number of nitrogens with zero attached hydrogens (tertiary/aromatic N) is 1. The number of aliphatic hydroxyl groups excluding tert-OH is 1. The Morgan fingerprint density at radius 3 is 1.64 bits per heavy atom. The van der Waals surface area contributed by atoms with Crippen LogP contribution in [-0.4, -0.2) is 73.4 Å². The molecule has 0 aliphatic heterocycles. The molecule has 0 saturated carbocycles. The predicted molar refractivity (Wildman–Crippen MR) is 198 cm³/mol. The fraction of sp³-hybridized carbons (Fsp3) is 0.921. The van der Waals surface area contributed by atoms with E-state index >= 15 is 0 Å². The summed E-state index contributed by atoms with van der Waals surface area (Å²) in [6, 6.07) is -0.758. The van der Waals surface area contributed by atoms with Gasteiger partial charge in [0.15, 0.2) is 0 Å². The van der Waals surface area contributed by atoms with Crippen LogP contribution in [0, 0.1) is 0 Å². The predicted octanol–water partition coefficient (Wildman–Crippen LogP) is 10.0. The van der Waals surface area contributed by atoms with Crippen LogP contribution in [0.4, 0.5) is 0 Å². The van der Waals surface area contributed by atoms with Crippen molar-refractivity contribution < 1.29 is 32.9 Å². The van der Waals surface area contributed by atoms with Crippen LogP contribution in [0.15, 0.2) is 12.2 Å². The lowest BCUT2D eigenvalue weighted by atomic mass is 10.0. The average molecular weight is 690 g/mol. The van der Waals surface area contributed by atoms with E-state index in [0.29, 0.717) is 23.9 Å². The van der Waals surface area contributed by atoms with E-state index in [1.807, 2.05) is 21.1 Å². The van der Waals surface area contributed by atoms with E-state index in [-0.39, 0.29) is 19.1 Å². The molecule has 3 atom stereocenters. The summed E-state index contributed by atoms with van der Waals surface area (Å²) in [5.74, 6) is -0.155. The van der Waals surface area contributed by atoms with E-state index in [1.54, 1.807) is 0 Å². The second-order valence-electron chi connectivity index (χ2n) is 14.7. The molecule has 0 saturated heterocycles. The number of hydrogen-bond acceptors (Lipinski definition) is 5. The Morgan fingerprint density at radius 2 is 1.15 bits per heavy atom. The van der Waals surface area contributed by atoms with Crippen LogP contribution in [0.5, 0.6) is 0 Å². The van der Waals surface area contributed by atoms with Gasteiger partial charge >= 0.3 is 7.82 Å². The van der Waals surface area contributed by atoms with Crippen LogP contribution < -0.4 is 5.32 Å². The first-order chi connectivity index (χ1) is 22.5. The second kappa shape index (κ2) is 31.2. The summed E-state index contributed by atoms with van der Waals surface area (Å²) in [4.78, 5) is 23.0. The summed E-state index contributed by atoms with van der Waals surface area (Å²) in [7, 11) is 1.61. The third kappa shape index (κ3) is 33.5. The molecule has 0 spiro atoms. The summed E-state index contributed by atoms with van der Waals surface area (Å²) >= 11 is 0. The molecule has 3 N–H and O–H groups in total. The van der Waals surface area contributed by atoms with Gasteiger partial charge in [0.2, 0.25) is 5.91 Å². The Hall–Kier alpha value is -0.760. The molecule has 0 aliphatic carbocycles. The van der Waals surface area contributed by atoms with Crippen molar-refractivity contribution in [2.75, 3.05) is 40.9 Å². The van der Waals surface area contributed by atoms with E-state index < -0.39 is 20.0 Å². The highest BCUT2D eigenvalue weighted by Gasteiger charge is 2.28. The van der Waals surface area contributed by atoms with Crippen LogP contribution in [-0.2, 0) is 18.4 Å². The minimum absolute atomic E-state index is 0.0743. The van der Waals surface area contributed by atoms with Gasteiger partial charge in [0, 0.05) is 6.42 Å². The first-order valence-electron chi connectivity index (χ1n) is 19.6. The number of rotatable bonds is 35. The summed E-state index contributed by atoms with van der Waals surface area (Å²) in [6.45, 7) is 4.84. The minimum atomic E-state index is -4.30. The normalized spacial score (nSPS) is 14.8. The monoisotopic (exact) mass is 690 g/mol. The molecule has 0 aromatic carbocycles. The third-order valence-corrected chi connectivity index (χ3v) is 9.75. The molecule has 0 fully saturated rings. The molecule has 9 heteroatoms. The van der Waals surface area contributed by atoms with Crippen LogP contribution in [0.2, 0.25) is 0 Å². The molecule has 0 aromatic rings. The number of quaternary nitrogens is 1. The number of hydrogen-bond donors (Lipinski definition) is 3. The van der Waals surface area contributed by atoms with Crippen LogP contribution in [0.25, 0.3) is 0 Å². The molecule has 8 nitrogen and oxygen atoms in total. The van der Waals surface area contributed by atoms with E-state index in [9.17, 15) is 19.4 Å². The first-order valence-corrected chi connectivity index (χ1v) is 21.0. The van der Waals surface area contributed by atoms with E-state index in [4.69, 9.17) is 9.05 Å². The van der Waals surface area contributed by atoms with E-state index in [2.05, 4.69) is 31.3 Å². The lowest BCUT2D eigenvalue weighted by Crippen LogP contribution is -2.46. The zero-order chi connectivity index (χ0) is 35.1. The number of amides is 1. The minimum Gasteiger partial charge on any atom is -0.391 e. The van der Waals surface area contributed by atoms with Gasteiger partial charge in [-0.2, -0.15) is 0 Å². The molecular weight excluding hydrogens is 611 g/mol. The molecule has 0 aromatic heterocycles. The van der Waals surface area contributed by atoms with Crippen molar-refractivity contribution in [1.29, 1.82) is 0 Å². The molecular formula is C38H78N2O6P+. The lowest BCUT2D eigenvalue weighted by Gasteiger charge is -2.26. The maximum absolute atomic E-state index is 12.8. The summed E-state index contributed by atoms with van der Waals surface area (Å²) in [5.41, 5.74) is 0. The Morgan fingerprint density at radius 1 is 0.702 bits per heavy atom. The van der Waals surface area contributed by atoms with Gasteiger partial charge in [0.05, 0.1) is 39.9 Å². The van der Waals surface area contributed by atoms with Gasteiger partial charge in [0.25, 0.3) is 0 Å². The second-order valence-corrected chi connectivity index (χ2v) is 16.1. The molecule has 47 heavy (non-hydrogen) atoms. The standard InChI is InChI=1S/C38H77N2O6P/c1-6-8-10-12-14-16-18-19-20-21-22-24-26-28-30-32-38(42)39-36(35-46-47(43,44)45-34-33-40(3,4)5)37(41)31-29-27-25-23-17-15-13-11-9-7-2/h19-20,36-37,41H,6-18,21-35H2,1-5H3,(H-,39,42,43,44)/p+1/b20-19-. The lowest BCUT2D eigenvalue weighted by molar-refractivity contribution is -0.870. The van der Waals surface area contributed by atoms with Crippen molar-refractivity contribution in [2.24, 2.45) is 0 Å². The van der Waals surface area contributed by atoms with Gasteiger partial charge in [-0.15, -0.1) is 0 Å². The molecule has 1 amide bonds. The van der Waals surface area contributed by atoms with Gasteiger partial charge in [-0.25, -0.2) is 4.57 Å². The maximum atomic E-state index is 12.8. The summed E-state index contributed by atoms with van der Waals surface area (Å²) in [5, 5.41) is 13.8. The van der Waals surface area contributed by atoms with Crippen molar-refractivity contribution in [3.8, 4) is 0 Å². The number of aliphatic hydroxyl groups is 1. The number of carbonyl (C=O) groups is 1. The van der Waals surface area contributed by atoms with Gasteiger partial charge in [-0.1, -0.05) is 142 Å². The van der Waals surface area contributed by atoms with Crippen molar-refractivity contribution in [3.63, 3.8) is 0 Å². The Kier molecular flexibility index (Phi) is 30.7. The summed E-state index contributed by atoms with van der Waals surface area (Å²) < 4.78 is 23.5. The Labute approximate surface area is 291 Å².